The van der Waals surface area contributed by atoms with Gasteiger partial charge in [-0.2, -0.15) is 5.26 Å². The minimum absolute atomic E-state index is 0.623. The summed E-state index contributed by atoms with van der Waals surface area (Å²) in [5.41, 5.74) is 0.199. The average molecular weight is 287 g/mol. The summed E-state index contributed by atoms with van der Waals surface area (Å²) in [4.78, 5) is 0. The van der Waals surface area contributed by atoms with E-state index < -0.39 is 11.5 Å². The van der Waals surface area contributed by atoms with Crippen molar-refractivity contribution in [2.24, 2.45) is 5.41 Å². The Bertz CT molecular complexity index is 467. The van der Waals surface area contributed by atoms with Crippen LogP contribution in [0.3, 0.4) is 0 Å². The number of hydrogen-bond donors (Lipinski definition) is 1. The van der Waals surface area contributed by atoms with E-state index in [1.807, 2.05) is 24.3 Å². The molecule has 0 aliphatic heterocycles. The molecule has 1 N–H and O–H groups in total. The maximum absolute atomic E-state index is 10.7. The summed E-state index contributed by atoms with van der Waals surface area (Å²) in [6, 6.07) is 9.97. The van der Waals surface area contributed by atoms with Crippen molar-refractivity contribution in [1.29, 1.82) is 5.26 Å². The Labute approximate surface area is 127 Å². The first-order valence-electron chi connectivity index (χ1n) is 8.04. The fourth-order valence-corrected chi connectivity index (χ4v) is 3.09. The Hall–Kier alpha value is -1.53. The molecule has 0 amide bonds. The van der Waals surface area contributed by atoms with Crippen LogP contribution in [-0.2, 0) is 0 Å². The van der Waals surface area contributed by atoms with Crippen molar-refractivity contribution in [2.75, 3.05) is 6.61 Å². The summed E-state index contributed by atoms with van der Waals surface area (Å²) in [6.07, 6.45) is 6.24. The smallest absolute Gasteiger partial charge is 0.119 e. The number of nitriles is 1. The zero-order chi connectivity index (χ0) is 15.1. The van der Waals surface area contributed by atoms with Crippen molar-refractivity contribution >= 4 is 0 Å². The molecular formula is C18H25NO2. The van der Waals surface area contributed by atoms with Gasteiger partial charge in [0.25, 0.3) is 0 Å². The van der Waals surface area contributed by atoms with Crippen LogP contribution in [0, 0.1) is 16.7 Å². The van der Waals surface area contributed by atoms with Crippen LogP contribution in [0.25, 0.3) is 0 Å². The molecular weight excluding hydrogens is 262 g/mol. The predicted octanol–water partition coefficient (Wildman–Crippen LogP) is 4.37. The van der Waals surface area contributed by atoms with Crippen molar-refractivity contribution in [3.05, 3.63) is 29.8 Å². The molecule has 21 heavy (non-hydrogen) atoms. The molecule has 3 heteroatoms. The van der Waals surface area contributed by atoms with Gasteiger partial charge in [-0.3, -0.25) is 0 Å². The van der Waals surface area contributed by atoms with E-state index in [2.05, 4.69) is 13.0 Å². The zero-order valence-electron chi connectivity index (χ0n) is 12.8. The highest BCUT2D eigenvalue weighted by atomic mass is 16.5. The first-order valence-corrected chi connectivity index (χ1v) is 8.04. The van der Waals surface area contributed by atoms with E-state index in [9.17, 15) is 10.4 Å². The van der Waals surface area contributed by atoms with Gasteiger partial charge in [0.1, 0.15) is 5.75 Å². The molecule has 1 aromatic rings. The van der Waals surface area contributed by atoms with Crippen LogP contribution in [0.15, 0.2) is 24.3 Å². The summed E-state index contributed by atoms with van der Waals surface area (Å²) in [5.74, 6) is 0.819. The Balaban J connectivity index is 2.13. The maximum atomic E-state index is 10.7. The lowest BCUT2D eigenvalue weighted by Crippen LogP contribution is -2.27. The van der Waals surface area contributed by atoms with Crippen LogP contribution >= 0.6 is 0 Å². The number of ether oxygens (including phenoxy) is 1. The highest BCUT2D eigenvalue weighted by Gasteiger charge is 2.39. The Morgan fingerprint density at radius 1 is 1.19 bits per heavy atom. The second-order valence-corrected chi connectivity index (χ2v) is 6.00. The molecule has 1 aliphatic rings. The standard InChI is InChI=1S/C18H25NO2/c1-2-13-21-16-9-7-15(8-10-16)17(20)18(14-19)11-5-3-4-6-12-18/h7-10,17,20H,2-6,11-13H2,1H3. The number of hydrogen-bond acceptors (Lipinski definition) is 3. The van der Waals surface area contributed by atoms with E-state index in [0.717, 1.165) is 43.4 Å². The molecule has 2 rings (SSSR count). The topological polar surface area (TPSA) is 53.2 Å². The average Bonchev–Trinajstić information content (AvgIpc) is 2.79. The molecule has 1 fully saturated rings. The van der Waals surface area contributed by atoms with Crippen LogP contribution in [-0.4, -0.2) is 11.7 Å². The predicted molar refractivity (Wildman–Crippen MR) is 82.9 cm³/mol. The fourth-order valence-electron chi connectivity index (χ4n) is 3.09. The van der Waals surface area contributed by atoms with Crippen LogP contribution in [0.2, 0.25) is 0 Å². The fraction of sp³-hybridized carbons (Fsp3) is 0.611. The summed E-state index contributed by atoms with van der Waals surface area (Å²) >= 11 is 0. The number of nitrogens with zero attached hydrogens (tertiary/aromatic N) is 1. The van der Waals surface area contributed by atoms with Crippen molar-refractivity contribution in [3.8, 4) is 11.8 Å². The second kappa shape index (κ2) is 7.47. The minimum atomic E-state index is -0.708. The molecule has 0 bridgehead atoms. The van der Waals surface area contributed by atoms with Gasteiger partial charge in [-0.15, -0.1) is 0 Å². The van der Waals surface area contributed by atoms with E-state index in [1.165, 1.54) is 12.8 Å². The van der Waals surface area contributed by atoms with Gasteiger partial charge >= 0.3 is 0 Å². The van der Waals surface area contributed by atoms with Crippen molar-refractivity contribution in [1.82, 2.24) is 0 Å². The normalized spacial score (nSPS) is 19.3. The lowest BCUT2D eigenvalue weighted by Gasteiger charge is -2.31. The molecule has 1 aliphatic carbocycles. The molecule has 0 spiro atoms. The number of aliphatic hydroxyl groups is 1. The van der Waals surface area contributed by atoms with Gasteiger partial charge in [0, 0.05) is 0 Å². The Kier molecular flexibility index (Phi) is 5.64. The molecule has 114 valence electrons. The third-order valence-corrected chi connectivity index (χ3v) is 4.41. The van der Waals surface area contributed by atoms with Crippen LogP contribution in [0.4, 0.5) is 0 Å². The van der Waals surface area contributed by atoms with Crippen molar-refractivity contribution in [3.63, 3.8) is 0 Å². The molecule has 0 heterocycles. The SMILES string of the molecule is CCCOc1ccc(C(O)C2(C#N)CCCCCC2)cc1. The van der Waals surface area contributed by atoms with Gasteiger partial charge in [0.2, 0.25) is 0 Å². The third kappa shape index (κ3) is 3.77. The van der Waals surface area contributed by atoms with E-state index >= 15 is 0 Å². The van der Waals surface area contributed by atoms with E-state index in [-0.39, 0.29) is 0 Å². The highest BCUT2D eigenvalue weighted by Crippen LogP contribution is 2.44. The Morgan fingerprint density at radius 2 is 1.81 bits per heavy atom. The van der Waals surface area contributed by atoms with Gasteiger partial charge in [0.15, 0.2) is 0 Å². The molecule has 1 saturated carbocycles. The molecule has 1 aromatic carbocycles. The van der Waals surface area contributed by atoms with Crippen LogP contribution in [0.5, 0.6) is 5.75 Å². The van der Waals surface area contributed by atoms with Crippen LogP contribution in [0.1, 0.15) is 63.5 Å². The summed E-state index contributed by atoms with van der Waals surface area (Å²) < 4.78 is 5.56. The first-order chi connectivity index (χ1) is 10.2. The summed E-state index contributed by atoms with van der Waals surface area (Å²) in [6.45, 7) is 2.77. The van der Waals surface area contributed by atoms with E-state index in [0.29, 0.717) is 6.61 Å². The van der Waals surface area contributed by atoms with Crippen LogP contribution < -0.4 is 4.74 Å². The van der Waals surface area contributed by atoms with E-state index in [4.69, 9.17) is 4.74 Å². The third-order valence-electron chi connectivity index (χ3n) is 4.41. The molecule has 0 saturated heterocycles. The lowest BCUT2D eigenvalue weighted by atomic mass is 9.74. The molecule has 0 aromatic heterocycles. The highest BCUT2D eigenvalue weighted by molar-refractivity contribution is 5.30. The number of rotatable bonds is 5. The molecule has 1 unspecified atom stereocenters. The van der Waals surface area contributed by atoms with E-state index in [1.54, 1.807) is 0 Å². The number of benzene rings is 1. The quantitative estimate of drug-likeness (QED) is 0.818. The minimum Gasteiger partial charge on any atom is -0.494 e. The summed E-state index contributed by atoms with van der Waals surface area (Å²) in [5, 5.41) is 20.4. The van der Waals surface area contributed by atoms with Gasteiger partial charge < -0.3 is 9.84 Å². The Morgan fingerprint density at radius 3 is 2.33 bits per heavy atom. The number of aliphatic hydroxyl groups excluding tert-OH is 1. The molecule has 0 radical (unpaired) electrons. The second-order valence-electron chi connectivity index (χ2n) is 6.00. The first kappa shape index (κ1) is 15.9. The largest absolute Gasteiger partial charge is 0.494 e. The molecule has 1 atom stereocenters. The monoisotopic (exact) mass is 287 g/mol. The zero-order valence-corrected chi connectivity index (χ0v) is 12.8. The van der Waals surface area contributed by atoms with Gasteiger partial charge in [0.05, 0.1) is 24.2 Å². The lowest BCUT2D eigenvalue weighted by molar-refractivity contribution is 0.0516. The van der Waals surface area contributed by atoms with Crippen molar-refractivity contribution < 1.29 is 9.84 Å². The van der Waals surface area contributed by atoms with Gasteiger partial charge in [-0.1, -0.05) is 44.7 Å². The summed E-state index contributed by atoms with van der Waals surface area (Å²) in [7, 11) is 0. The van der Waals surface area contributed by atoms with Gasteiger partial charge in [-0.05, 0) is 37.0 Å². The van der Waals surface area contributed by atoms with Gasteiger partial charge in [-0.25, -0.2) is 0 Å². The maximum Gasteiger partial charge on any atom is 0.119 e. The molecule has 3 nitrogen and oxygen atoms in total. The van der Waals surface area contributed by atoms with Crippen molar-refractivity contribution in [2.45, 2.75) is 58.0 Å².